The van der Waals surface area contributed by atoms with Crippen molar-refractivity contribution in [2.45, 2.75) is 18.3 Å². The van der Waals surface area contributed by atoms with Crippen LogP contribution in [-0.4, -0.2) is 26.0 Å². The highest BCUT2D eigenvalue weighted by molar-refractivity contribution is 5.85. The van der Waals surface area contributed by atoms with Crippen LogP contribution in [-0.2, 0) is 4.79 Å². The summed E-state index contributed by atoms with van der Waals surface area (Å²) in [6.45, 7) is 1.14. The van der Waals surface area contributed by atoms with E-state index in [4.69, 9.17) is 0 Å². The van der Waals surface area contributed by atoms with Crippen LogP contribution in [0.3, 0.4) is 0 Å². The molecule has 3 nitrogen and oxygen atoms in total. The van der Waals surface area contributed by atoms with E-state index in [2.05, 4.69) is 59.2 Å². The summed E-state index contributed by atoms with van der Waals surface area (Å²) in [5.41, 5.74) is 5.87. The fourth-order valence-corrected chi connectivity index (χ4v) is 4.43. The minimum atomic E-state index is 0. The topological polar surface area (TPSA) is 41.1 Å². The van der Waals surface area contributed by atoms with Crippen LogP contribution in [0.4, 0.5) is 0 Å². The van der Waals surface area contributed by atoms with Gasteiger partial charge in [0.25, 0.3) is 0 Å². The number of rotatable bonds is 4. The number of likely N-dealkylation sites (N-methyl/N-ethyl adjacent to an activating group) is 1. The van der Waals surface area contributed by atoms with E-state index in [0.29, 0.717) is 24.3 Å². The number of carbonyl (C=O) groups excluding carboxylic acids is 1. The molecule has 2 aromatic rings. The maximum absolute atomic E-state index is 11.8. The van der Waals surface area contributed by atoms with Gasteiger partial charge in [0.05, 0.1) is 6.54 Å². The van der Waals surface area contributed by atoms with E-state index >= 15 is 0 Å². The molecule has 0 heterocycles. The number of carbonyl (C=O) groups is 1. The smallest absolute Gasteiger partial charge is 0.233 e. The van der Waals surface area contributed by atoms with Crippen LogP contribution < -0.4 is 10.6 Å². The van der Waals surface area contributed by atoms with E-state index in [1.54, 1.807) is 7.05 Å². The van der Waals surface area contributed by atoms with Gasteiger partial charge in [-0.2, -0.15) is 0 Å². The molecular formula is C20H23ClN2O. The lowest BCUT2D eigenvalue weighted by molar-refractivity contribution is -0.120. The van der Waals surface area contributed by atoms with Gasteiger partial charge in [-0.25, -0.2) is 0 Å². The molecule has 1 unspecified atom stereocenters. The molecule has 0 fully saturated rings. The maximum Gasteiger partial charge on any atom is 0.233 e. The van der Waals surface area contributed by atoms with E-state index < -0.39 is 0 Å². The van der Waals surface area contributed by atoms with Gasteiger partial charge in [0.2, 0.25) is 5.91 Å². The first kappa shape index (κ1) is 17.0. The van der Waals surface area contributed by atoms with Gasteiger partial charge in [0, 0.05) is 18.4 Å². The summed E-state index contributed by atoms with van der Waals surface area (Å²) < 4.78 is 0. The lowest BCUT2D eigenvalue weighted by Crippen LogP contribution is -2.41. The summed E-state index contributed by atoms with van der Waals surface area (Å²) >= 11 is 0. The second kappa shape index (κ2) is 6.96. The summed E-state index contributed by atoms with van der Waals surface area (Å²) in [7, 11) is 1.80. The van der Waals surface area contributed by atoms with Crippen molar-refractivity contribution < 1.29 is 4.79 Å². The third kappa shape index (κ3) is 2.72. The number of benzene rings is 2. The monoisotopic (exact) mass is 342 g/mol. The molecule has 3 aliphatic carbocycles. The Labute approximate surface area is 149 Å². The van der Waals surface area contributed by atoms with Crippen molar-refractivity contribution >= 4 is 18.3 Å². The van der Waals surface area contributed by atoms with Gasteiger partial charge >= 0.3 is 0 Å². The fraction of sp³-hybridized carbons (Fsp3) is 0.350. The third-order valence-corrected chi connectivity index (χ3v) is 5.32. The number of fused-ring (bicyclic) bond motifs is 1. The standard InChI is InChI=1S/C20H22N2O.ClH/c1-21-12-19(23)22-11-13-10-18-14-6-2-4-8-16(14)20(13)17-9-5-3-7-15(17)18;/h2-9,13,18,20-21H,10-12H2,1H3,(H,22,23);1H. The Morgan fingerprint density at radius 3 is 2.08 bits per heavy atom. The molecule has 0 spiro atoms. The van der Waals surface area contributed by atoms with Gasteiger partial charge in [-0.3, -0.25) is 4.79 Å². The average molecular weight is 343 g/mol. The highest BCUT2D eigenvalue weighted by atomic mass is 35.5. The molecular weight excluding hydrogens is 320 g/mol. The number of hydrogen-bond acceptors (Lipinski definition) is 2. The van der Waals surface area contributed by atoms with Crippen molar-refractivity contribution in [3.63, 3.8) is 0 Å². The molecule has 3 aliphatic rings. The van der Waals surface area contributed by atoms with Crippen molar-refractivity contribution in [1.29, 1.82) is 0 Å². The Morgan fingerprint density at radius 2 is 1.54 bits per heavy atom. The van der Waals surface area contributed by atoms with Crippen molar-refractivity contribution in [1.82, 2.24) is 10.6 Å². The molecule has 1 amide bonds. The first-order valence-electron chi connectivity index (χ1n) is 8.38. The minimum Gasteiger partial charge on any atom is -0.355 e. The second-order valence-electron chi connectivity index (χ2n) is 6.62. The van der Waals surface area contributed by atoms with Crippen LogP contribution in [0, 0.1) is 5.92 Å². The van der Waals surface area contributed by atoms with Gasteiger partial charge in [-0.15, -0.1) is 12.4 Å². The highest BCUT2D eigenvalue weighted by Crippen LogP contribution is 2.54. The average Bonchev–Trinajstić information content (AvgIpc) is 2.60. The molecule has 4 heteroatoms. The van der Waals surface area contributed by atoms with Crippen LogP contribution in [0.15, 0.2) is 48.5 Å². The lowest BCUT2D eigenvalue weighted by atomic mass is 9.59. The molecule has 2 N–H and O–H groups in total. The largest absolute Gasteiger partial charge is 0.355 e. The Hall–Kier alpha value is -1.84. The summed E-state index contributed by atoms with van der Waals surface area (Å²) in [5.74, 6) is 1.43. The quantitative estimate of drug-likeness (QED) is 0.896. The lowest BCUT2D eigenvalue weighted by Gasteiger charge is -2.45. The van der Waals surface area contributed by atoms with Crippen molar-refractivity contribution in [3.8, 4) is 0 Å². The molecule has 0 radical (unpaired) electrons. The van der Waals surface area contributed by atoms with Gasteiger partial charge in [-0.05, 0) is 41.6 Å². The van der Waals surface area contributed by atoms with Gasteiger partial charge in [-0.1, -0.05) is 48.5 Å². The van der Waals surface area contributed by atoms with Crippen molar-refractivity contribution in [2.75, 3.05) is 20.1 Å². The van der Waals surface area contributed by atoms with E-state index in [0.717, 1.165) is 13.0 Å². The van der Waals surface area contributed by atoms with Crippen LogP contribution >= 0.6 is 12.4 Å². The SMILES string of the molecule is CNCC(=O)NCC1CC2c3ccccc3C1c1ccccc12.Cl. The molecule has 2 bridgehead atoms. The molecule has 1 atom stereocenters. The predicted molar refractivity (Wildman–Crippen MR) is 98.9 cm³/mol. The summed E-state index contributed by atoms with van der Waals surface area (Å²) in [6.07, 6.45) is 1.12. The third-order valence-electron chi connectivity index (χ3n) is 5.32. The molecule has 0 saturated heterocycles. The van der Waals surface area contributed by atoms with Crippen LogP contribution in [0.25, 0.3) is 0 Å². The van der Waals surface area contributed by atoms with Gasteiger partial charge in [0.15, 0.2) is 0 Å². The van der Waals surface area contributed by atoms with Crippen LogP contribution in [0.5, 0.6) is 0 Å². The predicted octanol–water partition coefficient (Wildman–Crippen LogP) is 3.04. The minimum absolute atomic E-state index is 0. The molecule has 2 aromatic carbocycles. The molecule has 0 aliphatic heterocycles. The summed E-state index contributed by atoms with van der Waals surface area (Å²) in [4.78, 5) is 11.8. The molecule has 0 saturated carbocycles. The zero-order valence-corrected chi connectivity index (χ0v) is 14.6. The number of hydrogen-bond donors (Lipinski definition) is 2. The van der Waals surface area contributed by atoms with Gasteiger partial charge in [0.1, 0.15) is 0 Å². The highest BCUT2D eigenvalue weighted by Gasteiger charge is 2.42. The van der Waals surface area contributed by atoms with Gasteiger partial charge < -0.3 is 10.6 Å². The Morgan fingerprint density at radius 1 is 1.00 bits per heavy atom. The van der Waals surface area contributed by atoms with Crippen molar-refractivity contribution in [3.05, 3.63) is 70.8 Å². The zero-order chi connectivity index (χ0) is 15.8. The van der Waals surface area contributed by atoms with E-state index in [1.165, 1.54) is 22.3 Å². The summed E-state index contributed by atoms with van der Waals surface area (Å²) in [6, 6.07) is 17.7. The molecule has 5 rings (SSSR count). The molecule has 24 heavy (non-hydrogen) atoms. The number of nitrogens with one attached hydrogen (secondary N) is 2. The Kier molecular flexibility index (Phi) is 4.93. The first-order chi connectivity index (χ1) is 11.3. The second-order valence-corrected chi connectivity index (χ2v) is 6.62. The van der Waals surface area contributed by atoms with Crippen LogP contribution in [0.1, 0.15) is 40.5 Å². The maximum atomic E-state index is 11.8. The van der Waals surface area contributed by atoms with E-state index in [9.17, 15) is 4.79 Å². The van der Waals surface area contributed by atoms with Crippen LogP contribution in [0.2, 0.25) is 0 Å². The first-order valence-corrected chi connectivity index (χ1v) is 8.38. The Bertz CT molecular complexity index is 698. The molecule has 0 aromatic heterocycles. The zero-order valence-electron chi connectivity index (χ0n) is 13.8. The normalized spacial score (nSPS) is 23.0. The number of halogens is 1. The van der Waals surface area contributed by atoms with Crippen molar-refractivity contribution in [2.24, 2.45) is 5.92 Å². The molecule has 126 valence electrons. The fourth-order valence-electron chi connectivity index (χ4n) is 4.43. The number of amides is 1. The van der Waals surface area contributed by atoms with E-state index in [-0.39, 0.29) is 18.3 Å². The summed E-state index contributed by atoms with van der Waals surface area (Å²) in [5, 5.41) is 6.01. The van der Waals surface area contributed by atoms with E-state index in [1.807, 2.05) is 0 Å². The Balaban J connectivity index is 0.00000169.